The van der Waals surface area contributed by atoms with Gasteiger partial charge in [-0.15, -0.1) is 6.58 Å². The predicted octanol–water partition coefficient (Wildman–Crippen LogP) is 4.21. The molecule has 0 saturated carbocycles. The molecular weight excluding hydrogens is 652 g/mol. The number of carboxylic acids is 1. The van der Waals surface area contributed by atoms with Gasteiger partial charge in [-0.1, -0.05) is 24.4 Å². The Labute approximate surface area is 286 Å². The van der Waals surface area contributed by atoms with Crippen molar-refractivity contribution in [2.75, 3.05) is 78.8 Å². The van der Waals surface area contributed by atoms with E-state index in [0.717, 1.165) is 45.1 Å². The molecule has 10 nitrogen and oxygen atoms in total. The van der Waals surface area contributed by atoms with Crippen molar-refractivity contribution in [2.24, 2.45) is 4.99 Å². The highest BCUT2D eigenvalue weighted by Gasteiger charge is 2.42. The normalized spacial score (nSPS) is 17.4. The van der Waals surface area contributed by atoms with Gasteiger partial charge in [0.05, 0.1) is 70.6 Å². The molecule has 0 saturated heterocycles. The first-order chi connectivity index (χ1) is 23.6. The smallest absolute Gasteiger partial charge is 0.305 e. The molecule has 1 heterocycles. The molecule has 3 N–H and O–H groups in total. The maximum atomic E-state index is 16.0. The van der Waals surface area contributed by atoms with Gasteiger partial charge in [0.15, 0.2) is 0 Å². The lowest BCUT2D eigenvalue weighted by Crippen LogP contribution is -2.50. The van der Waals surface area contributed by atoms with E-state index in [1.165, 1.54) is 0 Å². The lowest BCUT2D eigenvalue weighted by atomic mass is 9.88. The number of fused-ring (bicyclic) bond motifs is 2. The van der Waals surface area contributed by atoms with Crippen molar-refractivity contribution < 1.29 is 42.4 Å². The van der Waals surface area contributed by atoms with E-state index in [2.05, 4.69) is 28.8 Å². The Morgan fingerprint density at radius 2 is 1.55 bits per heavy atom. The summed E-state index contributed by atoms with van der Waals surface area (Å²) < 4.78 is 53.3. The van der Waals surface area contributed by atoms with E-state index >= 15 is 8.78 Å². The summed E-state index contributed by atoms with van der Waals surface area (Å²) in [6.45, 7) is 8.73. The van der Waals surface area contributed by atoms with E-state index in [-0.39, 0.29) is 43.9 Å². The van der Waals surface area contributed by atoms with Gasteiger partial charge in [0.1, 0.15) is 19.7 Å². The zero-order valence-corrected chi connectivity index (χ0v) is 29.1. The number of aliphatic carboxylic acids is 1. The molecule has 2 aromatic rings. The number of carbonyl (C=O) groups excluding carboxylic acids is 1. The fourth-order valence-electron chi connectivity index (χ4n) is 5.65. The molecule has 2 aromatic carbocycles. The van der Waals surface area contributed by atoms with Gasteiger partial charge in [-0.2, -0.15) is 0 Å². The number of rotatable bonds is 19. The van der Waals surface area contributed by atoms with E-state index in [1.807, 2.05) is 49.2 Å². The topological polar surface area (TPSA) is 128 Å². The molecular formula is C36H43F2N3O7Si. The molecule has 0 aromatic heterocycles. The second-order valence-electron chi connectivity index (χ2n) is 11.4. The second kappa shape index (κ2) is 17.9. The van der Waals surface area contributed by atoms with Gasteiger partial charge >= 0.3 is 5.97 Å². The number of amides is 1. The molecule has 0 radical (unpaired) electrons. The van der Waals surface area contributed by atoms with E-state index in [0.29, 0.717) is 38.6 Å². The predicted molar refractivity (Wildman–Crippen MR) is 188 cm³/mol. The molecule has 1 unspecified atom stereocenters. The van der Waals surface area contributed by atoms with Crippen LogP contribution < -0.4 is 15.8 Å². The molecule has 2 aliphatic rings. The summed E-state index contributed by atoms with van der Waals surface area (Å²) in [4.78, 5) is 27.6. The zero-order valence-electron chi connectivity index (χ0n) is 28.1. The average Bonchev–Trinajstić information content (AvgIpc) is 3.10. The van der Waals surface area contributed by atoms with E-state index in [9.17, 15) is 9.59 Å². The standard InChI is InChI=1S/C36H43F2N3O7Si/c1-5-49(4)31-22-25(39-2)6-8-27(31)34(28-9-7-26(40-3)23-32(28)49)35-29(37)20-24(21-30(35)38)36(44)41-11-13-46-15-17-48-19-18-47-16-14-45-12-10-33(42)43/h5-9,20-23,39H,1,10-19H2,2-4H3,(H,41,44)(H,42,43). The molecule has 1 atom stereocenters. The first-order valence-electron chi connectivity index (χ1n) is 16.0. The van der Waals surface area contributed by atoms with Crippen LogP contribution in [0.5, 0.6) is 0 Å². The summed E-state index contributed by atoms with van der Waals surface area (Å²) in [5, 5.41) is 16.3. The lowest BCUT2D eigenvalue weighted by molar-refractivity contribution is -0.138. The summed E-state index contributed by atoms with van der Waals surface area (Å²) in [5.74, 6) is -3.22. The minimum Gasteiger partial charge on any atom is -0.481 e. The Kier molecular flexibility index (Phi) is 13.7. The quantitative estimate of drug-likeness (QED) is 0.147. The van der Waals surface area contributed by atoms with Gasteiger partial charge < -0.3 is 34.7 Å². The average molecular weight is 696 g/mol. The van der Waals surface area contributed by atoms with Crippen molar-refractivity contribution in [1.82, 2.24) is 5.32 Å². The molecule has 49 heavy (non-hydrogen) atoms. The maximum absolute atomic E-state index is 16.0. The Balaban J connectivity index is 1.35. The van der Waals surface area contributed by atoms with Crippen molar-refractivity contribution in [3.63, 3.8) is 0 Å². The summed E-state index contributed by atoms with van der Waals surface area (Å²) in [6.07, 6.45) is 5.62. The summed E-state index contributed by atoms with van der Waals surface area (Å²) in [6, 6.07) is 7.92. The number of aliphatic imine (C=N–C) groups is 1. The number of carbonyl (C=O) groups is 2. The molecule has 1 aliphatic carbocycles. The second-order valence-corrected chi connectivity index (χ2v) is 15.3. The number of hydrogen-bond acceptors (Lipinski definition) is 8. The van der Waals surface area contributed by atoms with Crippen molar-refractivity contribution in [2.45, 2.75) is 13.0 Å². The van der Waals surface area contributed by atoms with Gasteiger partial charge in [0.2, 0.25) is 0 Å². The SMILES string of the molecule is C=C[Si]1(C)C2=CC(=NC)C=CC2=C(c2c(F)cc(C(=O)NCCOCCOCCOCCOCCC(=O)O)cc2F)c2ccc(NC)cc21. The number of benzene rings is 2. The third-order valence-corrected chi connectivity index (χ3v) is 12.2. The van der Waals surface area contributed by atoms with Crippen LogP contribution in [0.4, 0.5) is 14.5 Å². The van der Waals surface area contributed by atoms with Crippen molar-refractivity contribution >= 4 is 42.1 Å². The first-order valence-corrected chi connectivity index (χ1v) is 18.6. The third kappa shape index (κ3) is 9.25. The maximum Gasteiger partial charge on any atom is 0.305 e. The van der Waals surface area contributed by atoms with Crippen LogP contribution >= 0.6 is 0 Å². The number of carboxylic acid groups (broad SMARTS) is 1. The number of hydrogen-bond donors (Lipinski definition) is 3. The van der Waals surface area contributed by atoms with Crippen LogP contribution in [0.15, 0.2) is 76.6 Å². The van der Waals surface area contributed by atoms with Crippen LogP contribution in [0, 0.1) is 11.6 Å². The van der Waals surface area contributed by atoms with Crippen molar-refractivity contribution in [3.05, 3.63) is 99.9 Å². The molecule has 0 bridgehead atoms. The minimum atomic E-state index is -2.54. The molecule has 13 heteroatoms. The lowest BCUT2D eigenvalue weighted by Gasteiger charge is -2.38. The van der Waals surface area contributed by atoms with Crippen LogP contribution in [0.3, 0.4) is 0 Å². The number of nitrogens with one attached hydrogen (secondary N) is 2. The van der Waals surface area contributed by atoms with Gasteiger partial charge in [-0.25, -0.2) is 8.78 Å². The van der Waals surface area contributed by atoms with E-state index in [4.69, 9.17) is 24.1 Å². The van der Waals surface area contributed by atoms with Crippen LogP contribution in [-0.2, 0) is 23.7 Å². The largest absolute Gasteiger partial charge is 0.481 e. The monoisotopic (exact) mass is 695 g/mol. The number of allylic oxidation sites excluding steroid dienone is 5. The number of nitrogens with zero attached hydrogens (tertiary/aromatic N) is 1. The van der Waals surface area contributed by atoms with Crippen LogP contribution in [0.25, 0.3) is 5.57 Å². The van der Waals surface area contributed by atoms with E-state index in [1.54, 1.807) is 7.05 Å². The minimum absolute atomic E-state index is 0.0458. The number of halogens is 2. The molecule has 1 amide bonds. The molecule has 262 valence electrons. The van der Waals surface area contributed by atoms with Crippen LogP contribution in [-0.4, -0.2) is 104 Å². The number of ether oxygens (including phenoxy) is 4. The fraction of sp³-hybridized carbons (Fsp3) is 0.361. The van der Waals surface area contributed by atoms with Gasteiger partial charge in [-0.05, 0) is 57.9 Å². The molecule has 0 spiro atoms. The Bertz CT molecular complexity index is 1650. The summed E-state index contributed by atoms with van der Waals surface area (Å²) in [5.41, 5.74) is 5.15. The third-order valence-electron chi connectivity index (χ3n) is 8.30. The fourth-order valence-corrected chi connectivity index (χ4v) is 8.82. The van der Waals surface area contributed by atoms with E-state index < -0.39 is 31.6 Å². The molecule has 4 rings (SSSR count). The first kappa shape index (κ1) is 37.5. The molecule has 0 fully saturated rings. The highest BCUT2D eigenvalue weighted by Crippen LogP contribution is 2.43. The highest BCUT2D eigenvalue weighted by atomic mass is 28.3. The molecule has 1 aliphatic heterocycles. The van der Waals surface area contributed by atoms with Crippen LogP contribution in [0.2, 0.25) is 6.55 Å². The Morgan fingerprint density at radius 3 is 2.12 bits per heavy atom. The van der Waals surface area contributed by atoms with Crippen molar-refractivity contribution in [3.8, 4) is 0 Å². The summed E-state index contributed by atoms with van der Waals surface area (Å²) >= 11 is 0. The van der Waals surface area contributed by atoms with Crippen molar-refractivity contribution in [1.29, 1.82) is 0 Å². The van der Waals surface area contributed by atoms with Crippen LogP contribution in [0.1, 0.15) is 27.9 Å². The number of anilines is 1. The Morgan fingerprint density at radius 1 is 0.939 bits per heavy atom. The zero-order chi connectivity index (χ0) is 35.4. The van der Waals surface area contributed by atoms with Gasteiger partial charge in [0, 0.05) is 37.5 Å². The Hall–Kier alpha value is -4.27. The van der Waals surface area contributed by atoms with Gasteiger partial charge in [0.25, 0.3) is 5.91 Å². The highest BCUT2D eigenvalue weighted by molar-refractivity contribution is 7.02. The summed E-state index contributed by atoms with van der Waals surface area (Å²) in [7, 11) is 0.986. The van der Waals surface area contributed by atoms with Gasteiger partial charge in [-0.3, -0.25) is 14.6 Å².